The van der Waals surface area contributed by atoms with Gasteiger partial charge in [0.25, 0.3) is 0 Å². The molecule has 180 valence electrons. The van der Waals surface area contributed by atoms with E-state index in [2.05, 4.69) is 10.3 Å². The summed E-state index contributed by atoms with van der Waals surface area (Å²) in [6.45, 7) is 8.02. The molecule has 0 spiro atoms. The highest BCUT2D eigenvalue weighted by Gasteiger charge is 2.41. The summed E-state index contributed by atoms with van der Waals surface area (Å²) in [5, 5.41) is 5.96. The first-order chi connectivity index (χ1) is 15.7. The van der Waals surface area contributed by atoms with Crippen LogP contribution in [0.3, 0.4) is 0 Å². The van der Waals surface area contributed by atoms with Gasteiger partial charge in [-0.2, -0.15) is 0 Å². The second-order valence-corrected chi connectivity index (χ2v) is 10.4. The summed E-state index contributed by atoms with van der Waals surface area (Å²) in [4.78, 5) is 32.3. The molecule has 1 aliphatic rings. The van der Waals surface area contributed by atoms with Crippen LogP contribution >= 0.6 is 11.3 Å². The third-order valence-corrected chi connectivity index (χ3v) is 6.72. The van der Waals surface area contributed by atoms with Gasteiger partial charge in [-0.05, 0) is 45.6 Å². The smallest absolute Gasteiger partial charge is 0.410 e. The Morgan fingerprint density at radius 2 is 2.00 bits per heavy atom. The van der Waals surface area contributed by atoms with Crippen LogP contribution in [0, 0.1) is 5.92 Å². The summed E-state index contributed by atoms with van der Waals surface area (Å²) >= 11 is 1.53. The number of nitrogens with zero attached hydrogens (tertiary/aromatic N) is 2. The van der Waals surface area contributed by atoms with Gasteiger partial charge in [0.15, 0.2) is 0 Å². The Morgan fingerprint density at radius 1 is 1.27 bits per heavy atom. The molecule has 1 fully saturated rings. The monoisotopic (exact) mass is 473 g/mol. The molecule has 0 unspecified atom stereocenters. The molecule has 1 aliphatic heterocycles. The van der Waals surface area contributed by atoms with Gasteiger partial charge in [-0.1, -0.05) is 37.3 Å². The van der Waals surface area contributed by atoms with Gasteiger partial charge < -0.3 is 19.7 Å². The molecule has 0 aliphatic carbocycles. The SMILES string of the molecule is CO[C@H]([C@@H](C)C(=O)N[C@@H](Cc1ccccc1)c1nccs1)[C@@H]1CCCN1C(=O)OC(C)(C)C. The summed E-state index contributed by atoms with van der Waals surface area (Å²) in [6.07, 6.45) is 3.24. The van der Waals surface area contributed by atoms with Crippen molar-refractivity contribution in [2.45, 2.75) is 70.7 Å². The van der Waals surface area contributed by atoms with Crippen molar-refractivity contribution in [3.63, 3.8) is 0 Å². The van der Waals surface area contributed by atoms with Crippen molar-refractivity contribution in [2.75, 3.05) is 13.7 Å². The molecule has 4 atom stereocenters. The zero-order valence-electron chi connectivity index (χ0n) is 20.1. The van der Waals surface area contributed by atoms with Crippen molar-refractivity contribution in [1.82, 2.24) is 15.2 Å². The number of methoxy groups -OCH3 is 1. The van der Waals surface area contributed by atoms with Crippen LogP contribution in [-0.2, 0) is 20.7 Å². The number of nitrogens with one attached hydrogen (secondary N) is 1. The molecule has 1 saturated heterocycles. The van der Waals surface area contributed by atoms with Crippen LogP contribution in [0.25, 0.3) is 0 Å². The number of likely N-dealkylation sites (tertiary alicyclic amines) is 1. The lowest BCUT2D eigenvalue weighted by Crippen LogP contribution is -2.51. The summed E-state index contributed by atoms with van der Waals surface area (Å²) in [5.41, 5.74) is 0.551. The van der Waals surface area contributed by atoms with Gasteiger partial charge in [-0.15, -0.1) is 11.3 Å². The van der Waals surface area contributed by atoms with Gasteiger partial charge in [-0.3, -0.25) is 4.79 Å². The molecule has 1 aromatic heterocycles. The molecule has 2 aromatic rings. The molecule has 33 heavy (non-hydrogen) atoms. The minimum absolute atomic E-state index is 0.117. The van der Waals surface area contributed by atoms with E-state index in [4.69, 9.17) is 9.47 Å². The normalized spacial score (nSPS) is 19.1. The molecule has 7 nitrogen and oxygen atoms in total. The number of carbonyl (C=O) groups is 2. The zero-order valence-corrected chi connectivity index (χ0v) is 20.9. The lowest BCUT2D eigenvalue weighted by Gasteiger charge is -2.35. The fraction of sp³-hybridized carbons (Fsp3) is 0.560. The maximum Gasteiger partial charge on any atom is 0.410 e. The molecule has 2 heterocycles. The van der Waals surface area contributed by atoms with E-state index in [1.165, 1.54) is 11.3 Å². The first-order valence-corrected chi connectivity index (χ1v) is 12.3. The standard InChI is InChI=1S/C25H35N3O4S/c1-17(21(31-5)20-12-9-14-28(20)24(30)32-25(2,3)4)22(29)27-19(23-26-13-15-33-23)16-18-10-7-6-8-11-18/h6-8,10-11,13,15,17,19-21H,9,12,14,16H2,1-5H3,(H,27,29)/t17-,19+,20+,21-/m1/s1. The van der Waals surface area contributed by atoms with E-state index >= 15 is 0 Å². The van der Waals surface area contributed by atoms with Gasteiger partial charge in [0.05, 0.1) is 24.1 Å². The molecule has 0 bridgehead atoms. The number of carbonyl (C=O) groups excluding carboxylic acids is 2. The summed E-state index contributed by atoms with van der Waals surface area (Å²) in [7, 11) is 1.60. The van der Waals surface area contributed by atoms with Gasteiger partial charge in [0.1, 0.15) is 10.6 Å². The van der Waals surface area contributed by atoms with Crippen LogP contribution in [-0.4, -0.2) is 53.3 Å². The maximum atomic E-state index is 13.4. The highest BCUT2D eigenvalue weighted by Crippen LogP contribution is 2.29. The van der Waals surface area contributed by atoms with Crippen molar-refractivity contribution in [3.05, 3.63) is 52.5 Å². The average molecular weight is 474 g/mol. The molecule has 3 rings (SSSR count). The highest BCUT2D eigenvalue weighted by molar-refractivity contribution is 7.09. The fourth-order valence-electron chi connectivity index (χ4n) is 4.28. The van der Waals surface area contributed by atoms with Gasteiger partial charge in [0, 0.05) is 25.2 Å². The molecule has 2 amide bonds. The lowest BCUT2D eigenvalue weighted by atomic mass is 9.94. The van der Waals surface area contributed by atoms with Crippen LogP contribution < -0.4 is 5.32 Å². The Hall–Kier alpha value is -2.45. The average Bonchev–Trinajstić information content (AvgIpc) is 3.46. The third-order valence-electron chi connectivity index (χ3n) is 5.83. The van der Waals surface area contributed by atoms with Gasteiger partial charge in [0.2, 0.25) is 5.91 Å². The molecule has 0 radical (unpaired) electrons. The summed E-state index contributed by atoms with van der Waals surface area (Å²) in [6, 6.07) is 9.61. The van der Waals surface area contributed by atoms with Crippen molar-refractivity contribution in [2.24, 2.45) is 5.92 Å². The molecule has 1 aromatic carbocycles. The van der Waals surface area contributed by atoms with E-state index in [0.29, 0.717) is 13.0 Å². The zero-order chi connectivity index (χ0) is 24.0. The number of thiazole rings is 1. The van der Waals surface area contributed by atoms with Crippen molar-refractivity contribution in [1.29, 1.82) is 0 Å². The Balaban J connectivity index is 1.72. The molecule has 0 saturated carbocycles. The molecular formula is C25H35N3O4S. The van der Waals surface area contributed by atoms with E-state index in [-0.39, 0.29) is 24.1 Å². The second-order valence-electron chi connectivity index (χ2n) is 9.49. The Kier molecular flexibility index (Phi) is 8.48. The van der Waals surface area contributed by atoms with E-state index in [1.807, 2.05) is 63.4 Å². The highest BCUT2D eigenvalue weighted by atomic mass is 32.1. The number of benzene rings is 1. The van der Waals surface area contributed by atoms with E-state index in [9.17, 15) is 9.59 Å². The summed E-state index contributed by atoms with van der Waals surface area (Å²) < 4.78 is 11.4. The van der Waals surface area contributed by atoms with Crippen molar-refractivity contribution >= 4 is 23.3 Å². The number of ether oxygens (including phenoxy) is 2. The van der Waals surface area contributed by atoms with Crippen molar-refractivity contribution < 1.29 is 19.1 Å². The quantitative estimate of drug-likeness (QED) is 0.606. The fourth-order valence-corrected chi connectivity index (χ4v) is 4.97. The Labute approximate surface area is 200 Å². The van der Waals surface area contributed by atoms with E-state index in [0.717, 1.165) is 23.4 Å². The van der Waals surface area contributed by atoms with Crippen molar-refractivity contribution in [3.8, 4) is 0 Å². The topological polar surface area (TPSA) is 80.8 Å². The van der Waals surface area contributed by atoms with Crippen LogP contribution in [0.5, 0.6) is 0 Å². The number of hydrogen-bond acceptors (Lipinski definition) is 6. The molecule has 1 N–H and O–H groups in total. The number of amides is 2. The Bertz CT molecular complexity index is 898. The minimum atomic E-state index is -0.575. The second kappa shape index (κ2) is 11.1. The predicted molar refractivity (Wildman–Crippen MR) is 129 cm³/mol. The molecular weight excluding hydrogens is 438 g/mol. The first kappa shape index (κ1) is 25.2. The van der Waals surface area contributed by atoms with Crippen LogP contribution in [0.1, 0.15) is 57.1 Å². The first-order valence-electron chi connectivity index (χ1n) is 11.5. The summed E-state index contributed by atoms with van der Waals surface area (Å²) in [5.74, 6) is -0.574. The van der Waals surface area contributed by atoms with Crippen LogP contribution in [0.4, 0.5) is 4.79 Å². The van der Waals surface area contributed by atoms with E-state index < -0.39 is 17.6 Å². The molecule has 8 heteroatoms. The lowest BCUT2D eigenvalue weighted by molar-refractivity contribution is -0.131. The van der Waals surface area contributed by atoms with Crippen LogP contribution in [0.2, 0.25) is 0 Å². The number of aromatic nitrogens is 1. The number of hydrogen-bond donors (Lipinski definition) is 1. The van der Waals surface area contributed by atoms with Crippen LogP contribution in [0.15, 0.2) is 41.9 Å². The van der Waals surface area contributed by atoms with Gasteiger partial charge >= 0.3 is 6.09 Å². The minimum Gasteiger partial charge on any atom is -0.444 e. The number of rotatable bonds is 8. The Morgan fingerprint density at radius 3 is 2.61 bits per heavy atom. The maximum absolute atomic E-state index is 13.4. The van der Waals surface area contributed by atoms with Gasteiger partial charge in [-0.25, -0.2) is 9.78 Å². The third kappa shape index (κ3) is 6.77. The largest absolute Gasteiger partial charge is 0.444 e. The predicted octanol–water partition coefficient (Wildman–Crippen LogP) is 4.59. The van der Waals surface area contributed by atoms with E-state index in [1.54, 1.807) is 18.2 Å².